The summed E-state index contributed by atoms with van der Waals surface area (Å²) in [5.41, 5.74) is 7.11. The molecule has 84 valence electrons. The minimum absolute atomic E-state index is 0.474. The molecule has 0 heterocycles. The van der Waals surface area contributed by atoms with Gasteiger partial charge in [-0.1, -0.05) is 31.5 Å². The molecule has 0 saturated carbocycles. The molecule has 0 spiro atoms. The Kier molecular flexibility index (Phi) is 5.19. The Hall–Kier alpha value is -1.02. The average molecular weight is 206 g/mol. The van der Waals surface area contributed by atoms with E-state index in [0.29, 0.717) is 6.04 Å². The molecule has 0 amide bonds. The van der Waals surface area contributed by atoms with Gasteiger partial charge in [0.15, 0.2) is 0 Å². The number of hydrogen-bond acceptors (Lipinski definition) is 2. The van der Waals surface area contributed by atoms with Gasteiger partial charge >= 0.3 is 0 Å². The first-order valence-corrected chi connectivity index (χ1v) is 5.85. The molecule has 1 aromatic rings. The van der Waals surface area contributed by atoms with Crippen molar-refractivity contribution in [1.29, 1.82) is 0 Å². The molecular weight excluding hydrogens is 184 g/mol. The third-order valence-corrected chi connectivity index (χ3v) is 2.76. The molecular formula is C13H22N2. The number of benzene rings is 1. The van der Waals surface area contributed by atoms with Crippen molar-refractivity contribution in [3.05, 3.63) is 30.3 Å². The lowest BCUT2D eigenvalue weighted by Crippen LogP contribution is -2.40. The zero-order valence-corrected chi connectivity index (χ0v) is 9.82. The van der Waals surface area contributed by atoms with Crippen molar-refractivity contribution in [3.63, 3.8) is 0 Å². The smallest absolute Gasteiger partial charge is 0.0412 e. The molecule has 1 atom stereocenters. The van der Waals surface area contributed by atoms with Gasteiger partial charge in [-0.25, -0.2) is 0 Å². The van der Waals surface area contributed by atoms with Crippen LogP contribution in [0.3, 0.4) is 0 Å². The molecule has 1 aromatic carbocycles. The van der Waals surface area contributed by atoms with E-state index < -0.39 is 0 Å². The molecule has 0 bridgehead atoms. The van der Waals surface area contributed by atoms with Crippen molar-refractivity contribution in [2.24, 2.45) is 5.73 Å². The SMILES string of the molecule is CCCC(CN)N(CC)c1ccccc1. The van der Waals surface area contributed by atoms with Gasteiger partial charge in [-0.3, -0.25) is 0 Å². The van der Waals surface area contributed by atoms with Crippen LogP contribution in [-0.2, 0) is 0 Å². The van der Waals surface area contributed by atoms with Crippen LogP contribution < -0.4 is 10.6 Å². The zero-order valence-electron chi connectivity index (χ0n) is 9.82. The summed E-state index contributed by atoms with van der Waals surface area (Å²) in [5, 5.41) is 0. The summed E-state index contributed by atoms with van der Waals surface area (Å²) in [7, 11) is 0. The van der Waals surface area contributed by atoms with Crippen LogP contribution in [-0.4, -0.2) is 19.1 Å². The quantitative estimate of drug-likeness (QED) is 0.775. The van der Waals surface area contributed by atoms with Crippen molar-refractivity contribution < 1.29 is 0 Å². The lowest BCUT2D eigenvalue weighted by atomic mass is 10.1. The molecule has 2 heteroatoms. The third-order valence-electron chi connectivity index (χ3n) is 2.76. The Morgan fingerprint density at radius 3 is 2.33 bits per heavy atom. The molecule has 1 unspecified atom stereocenters. The molecule has 1 rings (SSSR count). The molecule has 0 aromatic heterocycles. The van der Waals surface area contributed by atoms with Gasteiger partial charge in [-0.15, -0.1) is 0 Å². The first-order valence-electron chi connectivity index (χ1n) is 5.85. The number of rotatable bonds is 6. The van der Waals surface area contributed by atoms with Crippen molar-refractivity contribution in [1.82, 2.24) is 0 Å². The number of nitrogens with two attached hydrogens (primary N) is 1. The predicted molar refractivity (Wildman–Crippen MR) is 67.2 cm³/mol. The molecule has 15 heavy (non-hydrogen) atoms. The second kappa shape index (κ2) is 6.46. The summed E-state index contributed by atoms with van der Waals surface area (Å²) in [6.45, 7) is 6.15. The van der Waals surface area contributed by atoms with E-state index in [1.165, 1.54) is 18.5 Å². The van der Waals surface area contributed by atoms with E-state index in [4.69, 9.17) is 5.73 Å². The monoisotopic (exact) mass is 206 g/mol. The summed E-state index contributed by atoms with van der Waals surface area (Å²) < 4.78 is 0. The van der Waals surface area contributed by atoms with E-state index in [1.807, 2.05) is 0 Å². The number of para-hydroxylation sites is 1. The Morgan fingerprint density at radius 2 is 1.87 bits per heavy atom. The maximum Gasteiger partial charge on any atom is 0.0412 e. The number of likely N-dealkylation sites (N-methyl/N-ethyl adjacent to an activating group) is 1. The fraction of sp³-hybridized carbons (Fsp3) is 0.538. The van der Waals surface area contributed by atoms with Gasteiger partial charge in [0, 0.05) is 24.8 Å². The number of hydrogen-bond donors (Lipinski definition) is 1. The van der Waals surface area contributed by atoms with Crippen LogP contribution in [0.15, 0.2) is 30.3 Å². The second-order valence-corrected chi connectivity index (χ2v) is 3.80. The van der Waals surface area contributed by atoms with Crippen LogP contribution in [0.2, 0.25) is 0 Å². The highest BCUT2D eigenvalue weighted by atomic mass is 15.2. The topological polar surface area (TPSA) is 29.3 Å². The van der Waals surface area contributed by atoms with Gasteiger partial charge in [-0.05, 0) is 25.5 Å². The van der Waals surface area contributed by atoms with E-state index in [2.05, 4.69) is 49.1 Å². The number of nitrogens with zero attached hydrogens (tertiary/aromatic N) is 1. The van der Waals surface area contributed by atoms with E-state index in [1.54, 1.807) is 0 Å². The molecule has 0 saturated heterocycles. The first kappa shape index (κ1) is 12.1. The van der Waals surface area contributed by atoms with E-state index in [-0.39, 0.29) is 0 Å². The Balaban J connectivity index is 2.77. The van der Waals surface area contributed by atoms with Crippen LogP contribution in [0.4, 0.5) is 5.69 Å². The maximum atomic E-state index is 5.83. The van der Waals surface area contributed by atoms with Gasteiger partial charge < -0.3 is 10.6 Å². The Bertz CT molecular complexity index is 258. The average Bonchev–Trinajstić information content (AvgIpc) is 2.30. The molecule has 0 aliphatic rings. The Labute approximate surface area is 93.1 Å². The van der Waals surface area contributed by atoms with Gasteiger partial charge in [0.1, 0.15) is 0 Å². The lowest BCUT2D eigenvalue weighted by molar-refractivity contribution is 0.558. The van der Waals surface area contributed by atoms with Gasteiger partial charge in [0.25, 0.3) is 0 Å². The summed E-state index contributed by atoms with van der Waals surface area (Å²) in [5.74, 6) is 0. The van der Waals surface area contributed by atoms with Gasteiger partial charge in [-0.2, -0.15) is 0 Å². The highest BCUT2D eigenvalue weighted by Crippen LogP contribution is 2.18. The molecule has 0 aliphatic heterocycles. The largest absolute Gasteiger partial charge is 0.368 e. The predicted octanol–water partition coefficient (Wildman–Crippen LogP) is 2.64. The van der Waals surface area contributed by atoms with Gasteiger partial charge in [0.2, 0.25) is 0 Å². The molecule has 0 fully saturated rings. The second-order valence-electron chi connectivity index (χ2n) is 3.80. The van der Waals surface area contributed by atoms with E-state index >= 15 is 0 Å². The van der Waals surface area contributed by atoms with Crippen molar-refractivity contribution in [2.75, 3.05) is 18.0 Å². The van der Waals surface area contributed by atoms with Gasteiger partial charge in [0.05, 0.1) is 0 Å². The van der Waals surface area contributed by atoms with Crippen LogP contribution in [0.5, 0.6) is 0 Å². The first-order chi connectivity index (χ1) is 7.33. The summed E-state index contributed by atoms with van der Waals surface area (Å²) in [4.78, 5) is 2.39. The molecule has 2 N–H and O–H groups in total. The standard InChI is InChI=1S/C13H22N2/c1-3-8-13(11-14)15(4-2)12-9-6-5-7-10-12/h5-7,9-10,13H,3-4,8,11,14H2,1-2H3. The normalized spacial score (nSPS) is 12.5. The summed E-state index contributed by atoms with van der Waals surface area (Å²) in [6, 6.07) is 11.0. The molecule has 0 aliphatic carbocycles. The molecule has 2 nitrogen and oxygen atoms in total. The highest BCUT2D eigenvalue weighted by Gasteiger charge is 2.14. The van der Waals surface area contributed by atoms with Crippen LogP contribution >= 0.6 is 0 Å². The molecule has 0 radical (unpaired) electrons. The van der Waals surface area contributed by atoms with E-state index in [0.717, 1.165) is 13.1 Å². The maximum absolute atomic E-state index is 5.83. The highest BCUT2D eigenvalue weighted by molar-refractivity contribution is 5.46. The summed E-state index contributed by atoms with van der Waals surface area (Å²) in [6.07, 6.45) is 2.35. The van der Waals surface area contributed by atoms with Crippen molar-refractivity contribution in [3.8, 4) is 0 Å². The van der Waals surface area contributed by atoms with Crippen LogP contribution in [0.1, 0.15) is 26.7 Å². The summed E-state index contributed by atoms with van der Waals surface area (Å²) >= 11 is 0. The fourth-order valence-corrected chi connectivity index (χ4v) is 2.01. The van der Waals surface area contributed by atoms with Crippen LogP contribution in [0, 0.1) is 0 Å². The fourth-order valence-electron chi connectivity index (χ4n) is 2.01. The van der Waals surface area contributed by atoms with Crippen molar-refractivity contribution >= 4 is 5.69 Å². The lowest BCUT2D eigenvalue weighted by Gasteiger charge is -2.31. The van der Waals surface area contributed by atoms with E-state index in [9.17, 15) is 0 Å². The minimum Gasteiger partial charge on any atom is -0.368 e. The number of anilines is 1. The Morgan fingerprint density at radius 1 is 1.20 bits per heavy atom. The van der Waals surface area contributed by atoms with Crippen LogP contribution in [0.25, 0.3) is 0 Å². The minimum atomic E-state index is 0.474. The zero-order chi connectivity index (χ0) is 11.1. The van der Waals surface area contributed by atoms with Crippen molar-refractivity contribution in [2.45, 2.75) is 32.7 Å². The third kappa shape index (κ3) is 3.24.